The maximum atomic E-state index is 13.1. The highest BCUT2D eigenvalue weighted by atomic mass is 79.9. The van der Waals surface area contributed by atoms with Crippen LogP contribution in [0.25, 0.3) is 0 Å². The first-order valence-corrected chi connectivity index (χ1v) is 9.89. The molecule has 0 saturated carbocycles. The van der Waals surface area contributed by atoms with Crippen LogP contribution < -0.4 is 18.9 Å². The van der Waals surface area contributed by atoms with E-state index in [1.807, 2.05) is 25.2 Å². The number of Topliss-reactive ketones (excluding diaryl/α,β-unsaturated/α-hetero) is 1. The molecule has 2 heterocycles. The molecule has 28 heavy (non-hydrogen) atoms. The van der Waals surface area contributed by atoms with Crippen LogP contribution in [0.15, 0.2) is 28.7 Å². The van der Waals surface area contributed by atoms with Crippen molar-refractivity contribution < 1.29 is 23.7 Å². The average Bonchev–Trinajstić information content (AvgIpc) is 3.20. The molecule has 6 nitrogen and oxygen atoms in total. The zero-order valence-corrected chi connectivity index (χ0v) is 17.7. The molecule has 0 fully saturated rings. The second-order valence-electron chi connectivity index (χ2n) is 6.91. The summed E-state index contributed by atoms with van der Waals surface area (Å²) in [7, 11) is 5.26. The maximum absolute atomic E-state index is 13.1. The van der Waals surface area contributed by atoms with Crippen molar-refractivity contribution in [3.8, 4) is 23.0 Å². The van der Waals surface area contributed by atoms with Gasteiger partial charge < -0.3 is 18.9 Å². The Morgan fingerprint density at radius 3 is 2.79 bits per heavy atom. The molecule has 0 bridgehead atoms. The third-order valence-electron chi connectivity index (χ3n) is 5.41. The van der Waals surface area contributed by atoms with Crippen LogP contribution in [-0.4, -0.2) is 45.3 Å². The van der Waals surface area contributed by atoms with Gasteiger partial charge in [0.05, 0.1) is 18.7 Å². The SMILES string of the molecule is COc1cccc(C(=O)C[C@H]2c3c(c(Br)c4c(c3OC)OCO4)CCN2C)c1. The standard InChI is InChI=1S/C21H22BrNO5/c1-23-8-7-14-17(19(26-3)21-20(18(14)22)27-11-28-21)15(23)10-16(24)12-5-4-6-13(9-12)25-2/h4-6,9,15H,7-8,10-11H2,1-3H3/t15-/m0/s1. The monoisotopic (exact) mass is 447 g/mol. The molecule has 0 aliphatic carbocycles. The van der Waals surface area contributed by atoms with Gasteiger partial charge in [0.2, 0.25) is 12.5 Å². The summed E-state index contributed by atoms with van der Waals surface area (Å²) in [4.78, 5) is 15.3. The lowest BCUT2D eigenvalue weighted by molar-refractivity contribution is 0.0925. The minimum absolute atomic E-state index is 0.0550. The number of nitrogens with zero attached hydrogens (tertiary/aromatic N) is 1. The number of benzene rings is 2. The number of fused-ring (bicyclic) bond motifs is 2. The molecule has 0 N–H and O–H groups in total. The lowest BCUT2D eigenvalue weighted by Gasteiger charge is -2.36. The van der Waals surface area contributed by atoms with E-state index < -0.39 is 0 Å². The fourth-order valence-corrected chi connectivity index (χ4v) is 4.64. The molecule has 0 saturated heterocycles. The fourth-order valence-electron chi connectivity index (χ4n) is 3.94. The summed E-state index contributed by atoms with van der Waals surface area (Å²) in [6, 6.07) is 7.14. The van der Waals surface area contributed by atoms with E-state index in [9.17, 15) is 4.79 Å². The van der Waals surface area contributed by atoms with Gasteiger partial charge in [0.25, 0.3) is 0 Å². The number of halogens is 1. The highest BCUT2D eigenvalue weighted by molar-refractivity contribution is 9.10. The Balaban J connectivity index is 1.75. The van der Waals surface area contributed by atoms with Gasteiger partial charge in [-0.25, -0.2) is 0 Å². The van der Waals surface area contributed by atoms with Crippen molar-refractivity contribution in [1.82, 2.24) is 4.90 Å². The highest BCUT2D eigenvalue weighted by Gasteiger charge is 2.37. The van der Waals surface area contributed by atoms with Crippen LogP contribution >= 0.6 is 15.9 Å². The van der Waals surface area contributed by atoms with Crippen molar-refractivity contribution in [1.29, 1.82) is 0 Å². The zero-order chi connectivity index (χ0) is 19.8. The van der Waals surface area contributed by atoms with Crippen molar-refractivity contribution >= 4 is 21.7 Å². The Morgan fingerprint density at radius 2 is 2.04 bits per heavy atom. The van der Waals surface area contributed by atoms with E-state index in [0.29, 0.717) is 35.0 Å². The van der Waals surface area contributed by atoms with Gasteiger partial charge in [0, 0.05) is 30.1 Å². The Labute approximate surface area is 172 Å². The summed E-state index contributed by atoms with van der Waals surface area (Å²) >= 11 is 3.68. The third-order valence-corrected chi connectivity index (χ3v) is 6.25. The van der Waals surface area contributed by atoms with Gasteiger partial charge in [0.1, 0.15) is 5.75 Å². The van der Waals surface area contributed by atoms with Gasteiger partial charge in [-0.15, -0.1) is 0 Å². The van der Waals surface area contributed by atoms with Crippen molar-refractivity contribution in [2.75, 3.05) is 34.6 Å². The molecule has 0 radical (unpaired) electrons. The topological polar surface area (TPSA) is 57.2 Å². The second-order valence-corrected chi connectivity index (χ2v) is 7.70. The third kappa shape index (κ3) is 3.12. The predicted octanol–water partition coefficient (Wildman–Crippen LogP) is 4.00. The Hall–Kier alpha value is -2.25. The van der Waals surface area contributed by atoms with Crippen molar-refractivity contribution in [3.63, 3.8) is 0 Å². The normalized spacial score (nSPS) is 17.9. The predicted molar refractivity (Wildman–Crippen MR) is 108 cm³/mol. The first kappa shape index (κ1) is 19.1. The van der Waals surface area contributed by atoms with Crippen molar-refractivity contribution in [2.24, 2.45) is 0 Å². The molecular formula is C21H22BrNO5. The molecule has 4 rings (SSSR count). The molecule has 0 spiro atoms. The molecular weight excluding hydrogens is 426 g/mol. The number of hydrogen-bond acceptors (Lipinski definition) is 6. The van der Waals surface area contributed by atoms with E-state index >= 15 is 0 Å². The molecule has 2 aromatic carbocycles. The van der Waals surface area contributed by atoms with E-state index in [2.05, 4.69) is 20.8 Å². The average molecular weight is 448 g/mol. The molecule has 0 amide bonds. The summed E-state index contributed by atoms with van der Waals surface area (Å²) in [5.41, 5.74) is 2.74. The largest absolute Gasteiger partial charge is 0.497 e. The summed E-state index contributed by atoms with van der Waals surface area (Å²) in [6.07, 6.45) is 1.17. The molecule has 0 unspecified atom stereocenters. The minimum atomic E-state index is -0.122. The number of ketones is 1. The van der Waals surface area contributed by atoms with E-state index in [-0.39, 0.29) is 18.6 Å². The van der Waals surface area contributed by atoms with Crippen LogP contribution in [0.4, 0.5) is 0 Å². The molecule has 2 aliphatic rings. The summed E-state index contributed by atoms with van der Waals surface area (Å²) in [5.74, 6) is 2.66. The number of carbonyl (C=O) groups is 1. The van der Waals surface area contributed by atoms with Gasteiger partial charge in [0.15, 0.2) is 17.3 Å². The molecule has 2 aliphatic heterocycles. The smallest absolute Gasteiger partial charge is 0.231 e. The minimum Gasteiger partial charge on any atom is -0.497 e. The summed E-state index contributed by atoms with van der Waals surface area (Å²) in [6.45, 7) is 1.00. The van der Waals surface area contributed by atoms with Crippen LogP contribution in [0.5, 0.6) is 23.0 Å². The fraction of sp³-hybridized carbons (Fsp3) is 0.381. The van der Waals surface area contributed by atoms with Gasteiger partial charge in [-0.05, 0) is 47.1 Å². The van der Waals surface area contributed by atoms with Gasteiger partial charge in [-0.2, -0.15) is 0 Å². The summed E-state index contributed by atoms with van der Waals surface area (Å²) < 4.78 is 23.2. The van der Waals surface area contributed by atoms with E-state index in [1.54, 1.807) is 20.3 Å². The van der Waals surface area contributed by atoms with E-state index in [1.165, 1.54) is 0 Å². The molecule has 0 aromatic heterocycles. The number of hydrogen-bond donors (Lipinski definition) is 0. The van der Waals surface area contributed by atoms with Gasteiger partial charge in [-0.3, -0.25) is 9.69 Å². The lowest BCUT2D eigenvalue weighted by atomic mass is 9.87. The van der Waals surface area contributed by atoms with Crippen LogP contribution in [0.1, 0.15) is 33.9 Å². The second kappa shape index (κ2) is 7.64. The molecule has 148 valence electrons. The molecule has 1 atom stereocenters. The quantitative estimate of drug-likeness (QED) is 0.645. The number of methoxy groups -OCH3 is 2. The van der Waals surface area contributed by atoms with Gasteiger partial charge in [-0.1, -0.05) is 12.1 Å². The number of ether oxygens (including phenoxy) is 4. The zero-order valence-electron chi connectivity index (χ0n) is 16.1. The van der Waals surface area contributed by atoms with Crippen molar-refractivity contribution in [2.45, 2.75) is 18.9 Å². The van der Waals surface area contributed by atoms with Crippen LogP contribution in [-0.2, 0) is 6.42 Å². The Morgan fingerprint density at radius 1 is 1.25 bits per heavy atom. The Kier molecular flexibility index (Phi) is 5.21. The first-order valence-electron chi connectivity index (χ1n) is 9.10. The first-order chi connectivity index (χ1) is 13.5. The van der Waals surface area contributed by atoms with Crippen molar-refractivity contribution in [3.05, 3.63) is 45.4 Å². The Bertz CT molecular complexity index is 929. The number of rotatable bonds is 5. The molecule has 7 heteroatoms. The van der Waals surface area contributed by atoms with E-state index in [4.69, 9.17) is 18.9 Å². The van der Waals surface area contributed by atoms with Crippen LogP contribution in [0.3, 0.4) is 0 Å². The number of carbonyl (C=O) groups excluding carboxylic acids is 1. The lowest BCUT2D eigenvalue weighted by Crippen LogP contribution is -2.34. The highest BCUT2D eigenvalue weighted by Crippen LogP contribution is 2.54. The van der Waals surface area contributed by atoms with Crippen LogP contribution in [0.2, 0.25) is 0 Å². The van der Waals surface area contributed by atoms with E-state index in [0.717, 1.165) is 28.6 Å². The molecule has 2 aromatic rings. The van der Waals surface area contributed by atoms with Crippen LogP contribution in [0, 0.1) is 0 Å². The summed E-state index contributed by atoms with van der Waals surface area (Å²) in [5, 5.41) is 0. The van der Waals surface area contributed by atoms with Gasteiger partial charge >= 0.3 is 0 Å². The number of likely N-dealkylation sites (N-methyl/N-ethyl adjacent to an activating group) is 1. The maximum Gasteiger partial charge on any atom is 0.231 e.